The number of hydrogen-bond acceptors (Lipinski definition) is 2. The van der Waals surface area contributed by atoms with Crippen molar-refractivity contribution in [3.8, 4) is 0 Å². The summed E-state index contributed by atoms with van der Waals surface area (Å²) in [6.45, 7) is 1.40. The Morgan fingerprint density at radius 1 is 1.44 bits per heavy atom. The number of nitrogens with zero attached hydrogens (tertiary/aromatic N) is 1. The summed E-state index contributed by atoms with van der Waals surface area (Å²) in [5, 5.41) is 0.506. The van der Waals surface area contributed by atoms with Gasteiger partial charge in [-0.2, -0.15) is 0 Å². The SMILES string of the molecule is NC1CCCN(C(=O)c2ccccc2Cl)C1. The first kappa shape index (κ1) is 11.4. The molecule has 16 heavy (non-hydrogen) atoms. The maximum atomic E-state index is 12.2. The van der Waals surface area contributed by atoms with Gasteiger partial charge in [0, 0.05) is 19.1 Å². The van der Waals surface area contributed by atoms with E-state index in [0.717, 1.165) is 19.4 Å². The second-order valence-electron chi connectivity index (χ2n) is 4.13. The van der Waals surface area contributed by atoms with Crippen LogP contribution < -0.4 is 5.73 Å². The van der Waals surface area contributed by atoms with E-state index in [1.165, 1.54) is 0 Å². The van der Waals surface area contributed by atoms with Gasteiger partial charge in [0.1, 0.15) is 0 Å². The molecule has 86 valence electrons. The average molecular weight is 239 g/mol. The largest absolute Gasteiger partial charge is 0.337 e. The van der Waals surface area contributed by atoms with E-state index in [2.05, 4.69) is 0 Å². The lowest BCUT2D eigenvalue weighted by Crippen LogP contribution is -2.45. The van der Waals surface area contributed by atoms with E-state index in [-0.39, 0.29) is 11.9 Å². The lowest BCUT2D eigenvalue weighted by Gasteiger charge is -2.31. The number of amides is 1. The highest BCUT2D eigenvalue weighted by molar-refractivity contribution is 6.33. The van der Waals surface area contributed by atoms with Gasteiger partial charge in [0.15, 0.2) is 0 Å². The van der Waals surface area contributed by atoms with Gasteiger partial charge in [-0.25, -0.2) is 0 Å². The van der Waals surface area contributed by atoms with Crippen LogP contribution in [0.5, 0.6) is 0 Å². The fraction of sp³-hybridized carbons (Fsp3) is 0.417. The number of carbonyl (C=O) groups is 1. The lowest BCUT2D eigenvalue weighted by atomic mass is 10.1. The predicted octanol–water partition coefficient (Wildman–Crippen LogP) is 1.90. The third kappa shape index (κ3) is 2.36. The van der Waals surface area contributed by atoms with Crippen LogP contribution in [0.15, 0.2) is 24.3 Å². The minimum atomic E-state index is -0.0132. The van der Waals surface area contributed by atoms with Gasteiger partial charge in [-0.15, -0.1) is 0 Å². The average Bonchev–Trinajstić information content (AvgIpc) is 2.29. The number of carbonyl (C=O) groups excluding carboxylic acids is 1. The first-order valence-electron chi connectivity index (χ1n) is 5.48. The molecule has 1 aliphatic heterocycles. The van der Waals surface area contributed by atoms with Crippen LogP contribution >= 0.6 is 11.6 Å². The van der Waals surface area contributed by atoms with Gasteiger partial charge in [0.25, 0.3) is 5.91 Å². The molecule has 0 aromatic heterocycles. The van der Waals surface area contributed by atoms with Crippen LogP contribution in [0.4, 0.5) is 0 Å². The molecule has 0 radical (unpaired) electrons. The van der Waals surface area contributed by atoms with Crippen molar-refractivity contribution in [2.45, 2.75) is 18.9 Å². The van der Waals surface area contributed by atoms with Crippen molar-refractivity contribution >= 4 is 17.5 Å². The standard InChI is InChI=1S/C12H15ClN2O/c13-11-6-2-1-5-10(11)12(16)15-7-3-4-9(14)8-15/h1-2,5-6,9H,3-4,7-8,14H2. The quantitative estimate of drug-likeness (QED) is 0.812. The minimum absolute atomic E-state index is 0.0132. The zero-order chi connectivity index (χ0) is 11.5. The second-order valence-corrected chi connectivity index (χ2v) is 4.54. The van der Waals surface area contributed by atoms with Crippen LogP contribution in [0.1, 0.15) is 23.2 Å². The van der Waals surface area contributed by atoms with Gasteiger partial charge < -0.3 is 10.6 Å². The third-order valence-corrected chi connectivity index (χ3v) is 3.18. The molecule has 2 N–H and O–H groups in total. The molecule has 0 aliphatic carbocycles. The number of hydrogen-bond donors (Lipinski definition) is 1. The first-order valence-corrected chi connectivity index (χ1v) is 5.85. The van der Waals surface area contributed by atoms with Gasteiger partial charge in [-0.1, -0.05) is 23.7 Å². The molecule has 0 spiro atoms. The van der Waals surface area contributed by atoms with Gasteiger partial charge in [0.05, 0.1) is 10.6 Å². The van der Waals surface area contributed by atoms with Crippen LogP contribution in [0, 0.1) is 0 Å². The van der Waals surface area contributed by atoms with E-state index in [1.807, 2.05) is 12.1 Å². The molecule has 1 atom stereocenters. The van der Waals surface area contributed by atoms with E-state index in [9.17, 15) is 4.79 Å². The van der Waals surface area contributed by atoms with Gasteiger partial charge in [-0.3, -0.25) is 4.79 Å². The minimum Gasteiger partial charge on any atom is -0.337 e. The normalized spacial score (nSPS) is 20.9. The van der Waals surface area contributed by atoms with E-state index < -0.39 is 0 Å². The summed E-state index contributed by atoms with van der Waals surface area (Å²) in [6.07, 6.45) is 1.96. The second kappa shape index (κ2) is 4.85. The molecule has 1 fully saturated rings. The highest BCUT2D eigenvalue weighted by Crippen LogP contribution is 2.19. The molecule has 1 aliphatic rings. The van der Waals surface area contributed by atoms with E-state index in [4.69, 9.17) is 17.3 Å². The predicted molar refractivity (Wildman–Crippen MR) is 64.6 cm³/mol. The number of halogens is 1. The number of rotatable bonds is 1. The Morgan fingerprint density at radius 3 is 2.88 bits per heavy atom. The van der Waals surface area contributed by atoms with E-state index in [0.29, 0.717) is 17.1 Å². The smallest absolute Gasteiger partial charge is 0.255 e. The summed E-state index contributed by atoms with van der Waals surface area (Å²) in [4.78, 5) is 13.9. The molecular formula is C12H15ClN2O. The maximum Gasteiger partial charge on any atom is 0.255 e. The lowest BCUT2D eigenvalue weighted by molar-refractivity contribution is 0.0709. The van der Waals surface area contributed by atoms with E-state index in [1.54, 1.807) is 17.0 Å². The van der Waals surface area contributed by atoms with E-state index >= 15 is 0 Å². The van der Waals surface area contributed by atoms with Gasteiger partial charge in [0.2, 0.25) is 0 Å². The molecule has 2 rings (SSSR count). The van der Waals surface area contributed by atoms with Crippen molar-refractivity contribution in [2.24, 2.45) is 5.73 Å². The summed E-state index contributed by atoms with van der Waals surface area (Å²) in [5.41, 5.74) is 6.42. The number of likely N-dealkylation sites (tertiary alicyclic amines) is 1. The summed E-state index contributed by atoms with van der Waals surface area (Å²) in [6, 6.07) is 7.23. The highest BCUT2D eigenvalue weighted by Gasteiger charge is 2.23. The Kier molecular flexibility index (Phi) is 3.46. The monoisotopic (exact) mass is 238 g/mol. The van der Waals surface area contributed by atoms with Crippen LogP contribution in [0.3, 0.4) is 0 Å². The topological polar surface area (TPSA) is 46.3 Å². The molecule has 0 saturated carbocycles. The van der Waals surface area contributed by atoms with Crippen LogP contribution in [0.25, 0.3) is 0 Å². The fourth-order valence-corrected chi connectivity index (χ4v) is 2.22. The van der Waals surface area contributed by atoms with Crippen LogP contribution in [0.2, 0.25) is 5.02 Å². The zero-order valence-corrected chi connectivity index (χ0v) is 9.78. The Labute approximate surface area is 100 Å². The number of piperidine rings is 1. The summed E-state index contributed by atoms with van der Waals surface area (Å²) in [5.74, 6) is -0.0132. The van der Waals surface area contributed by atoms with Gasteiger partial charge >= 0.3 is 0 Å². The number of benzene rings is 1. The third-order valence-electron chi connectivity index (χ3n) is 2.85. The Hall–Kier alpha value is -1.06. The van der Waals surface area contributed by atoms with Crippen molar-refractivity contribution in [2.75, 3.05) is 13.1 Å². The molecule has 3 nitrogen and oxygen atoms in total. The summed E-state index contributed by atoms with van der Waals surface area (Å²) >= 11 is 6.00. The Bertz CT molecular complexity index is 394. The van der Waals surface area contributed by atoms with Crippen molar-refractivity contribution in [3.63, 3.8) is 0 Å². The molecule has 1 amide bonds. The molecule has 1 unspecified atom stereocenters. The zero-order valence-electron chi connectivity index (χ0n) is 9.03. The Balaban J connectivity index is 2.16. The number of nitrogens with two attached hydrogens (primary N) is 1. The summed E-state index contributed by atoms with van der Waals surface area (Å²) < 4.78 is 0. The molecule has 1 aromatic carbocycles. The van der Waals surface area contributed by atoms with Crippen molar-refractivity contribution in [1.82, 2.24) is 4.90 Å². The summed E-state index contributed by atoms with van der Waals surface area (Å²) in [7, 11) is 0. The van der Waals surface area contributed by atoms with Crippen molar-refractivity contribution < 1.29 is 4.79 Å². The van der Waals surface area contributed by atoms with Crippen LogP contribution in [-0.4, -0.2) is 29.9 Å². The first-order chi connectivity index (χ1) is 7.68. The highest BCUT2D eigenvalue weighted by atomic mass is 35.5. The fourth-order valence-electron chi connectivity index (χ4n) is 2.00. The molecule has 1 saturated heterocycles. The molecular weight excluding hydrogens is 224 g/mol. The van der Waals surface area contributed by atoms with Crippen LogP contribution in [-0.2, 0) is 0 Å². The molecule has 1 aromatic rings. The maximum absolute atomic E-state index is 12.2. The van der Waals surface area contributed by atoms with Crippen molar-refractivity contribution in [3.05, 3.63) is 34.9 Å². The van der Waals surface area contributed by atoms with Crippen molar-refractivity contribution in [1.29, 1.82) is 0 Å². The molecule has 1 heterocycles. The Morgan fingerprint density at radius 2 is 2.19 bits per heavy atom. The molecule has 0 bridgehead atoms. The molecule has 4 heteroatoms. The van der Waals surface area contributed by atoms with Gasteiger partial charge in [-0.05, 0) is 25.0 Å².